The molecule has 18 heavy (non-hydrogen) atoms. The zero-order valence-electron chi connectivity index (χ0n) is 9.91. The highest BCUT2D eigenvalue weighted by atomic mass is 79.9. The van der Waals surface area contributed by atoms with Gasteiger partial charge in [0.1, 0.15) is 0 Å². The highest BCUT2D eigenvalue weighted by molar-refractivity contribution is 9.10. The van der Waals surface area contributed by atoms with E-state index in [-0.39, 0.29) is 17.7 Å². The Morgan fingerprint density at radius 3 is 2.50 bits per heavy atom. The second-order valence-electron chi connectivity index (χ2n) is 3.92. The second kappa shape index (κ2) is 4.77. The van der Waals surface area contributed by atoms with Crippen molar-refractivity contribution in [1.29, 1.82) is 0 Å². The third kappa shape index (κ3) is 2.51. The lowest BCUT2D eigenvalue weighted by Gasteiger charge is -2.08. The maximum Gasteiger partial charge on any atom is 0.293 e. The number of nitrogens with two attached hydrogens (primary N) is 1. The summed E-state index contributed by atoms with van der Waals surface area (Å²) in [6.07, 6.45) is 0. The van der Waals surface area contributed by atoms with Gasteiger partial charge in [0.2, 0.25) is 11.8 Å². The number of carbonyl (C=O) groups excluding carboxylic acids is 1. The second-order valence-corrected chi connectivity index (χ2v) is 4.71. The van der Waals surface area contributed by atoms with E-state index in [0.717, 1.165) is 15.6 Å². The molecular formula is C11H12BrN5O. The molecule has 7 heteroatoms. The molecule has 1 amide bonds. The molecule has 0 aliphatic heterocycles. The third-order valence-electron chi connectivity index (χ3n) is 2.41. The van der Waals surface area contributed by atoms with E-state index >= 15 is 0 Å². The number of amides is 1. The number of aromatic nitrogens is 3. The third-order valence-corrected chi connectivity index (χ3v) is 3.66. The summed E-state index contributed by atoms with van der Waals surface area (Å²) in [4.78, 5) is 15.6. The molecule has 0 fully saturated rings. The number of nitrogens with zero attached hydrogens (tertiary/aromatic N) is 2. The number of nitrogen functional groups attached to an aromatic ring is 1. The molecule has 0 radical (unpaired) electrons. The molecule has 0 unspecified atom stereocenters. The number of aromatic amines is 1. The van der Waals surface area contributed by atoms with E-state index in [2.05, 4.69) is 36.4 Å². The average molecular weight is 310 g/mol. The van der Waals surface area contributed by atoms with Crippen LogP contribution in [0.5, 0.6) is 0 Å². The molecule has 0 atom stereocenters. The van der Waals surface area contributed by atoms with Crippen LogP contribution < -0.4 is 11.1 Å². The Hall–Kier alpha value is -1.89. The Labute approximate surface area is 112 Å². The van der Waals surface area contributed by atoms with Crippen molar-refractivity contribution in [3.05, 3.63) is 33.6 Å². The highest BCUT2D eigenvalue weighted by Crippen LogP contribution is 2.25. The Bertz CT molecular complexity index is 584. The summed E-state index contributed by atoms with van der Waals surface area (Å²) in [5, 5.41) is 8.79. The van der Waals surface area contributed by atoms with Crippen LogP contribution in [0.4, 0.5) is 11.6 Å². The molecule has 94 valence electrons. The molecule has 2 aromatic rings. The van der Waals surface area contributed by atoms with Crippen molar-refractivity contribution >= 4 is 33.5 Å². The van der Waals surface area contributed by atoms with Gasteiger partial charge in [-0.2, -0.15) is 4.98 Å². The van der Waals surface area contributed by atoms with Gasteiger partial charge >= 0.3 is 0 Å². The minimum absolute atomic E-state index is 0.0447. The van der Waals surface area contributed by atoms with Gasteiger partial charge in [-0.1, -0.05) is 15.9 Å². The lowest BCUT2D eigenvalue weighted by Crippen LogP contribution is -2.14. The summed E-state index contributed by atoms with van der Waals surface area (Å²) in [6.45, 7) is 3.92. The minimum atomic E-state index is -0.375. The van der Waals surface area contributed by atoms with Crippen LogP contribution >= 0.6 is 15.9 Å². The predicted molar refractivity (Wildman–Crippen MR) is 72.4 cm³/mol. The van der Waals surface area contributed by atoms with E-state index in [1.807, 2.05) is 26.0 Å². The fraction of sp³-hybridized carbons (Fsp3) is 0.182. The van der Waals surface area contributed by atoms with Gasteiger partial charge in [-0.05, 0) is 37.1 Å². The van der Waals surface area contributed by atoms with Crippen LogP contribution in [0.3, 0.4) is 0 Å². The van der Waals surface area contributed by atoms with Crippen molar-refractivity contribution in [2.45, 2.75) is 13.8 Å². The first kappa shape index (κ1) is 12.6. The molecular weight excluding hydrogens is 298 g/mol. The first-order valence-corrected chi connectivity index (χ1v) is 6.02. The van der Waals surface area contributed by atoms with Crippen molar-refractivity contribution in [3.63, 3.8) is 0 Å². The SMILES string of the molecule is Cc1cc(NC(=O)c2nc(N)n[nH]2)cc(C)c1Br. The standard InChI is InChI=1S/C11H12BrN5O/c1-5-3-7(4-6(2)8(5)12)14-10(18)9-15-11(13)17-16-9/h3-4H,1-2H3,(H,14,18)(H3,13,15,16,17). The number of hydrogen-bond acceptors (Lipinski definition) is 4. The minimum Gasteiger partial charge on any atom is -0.366 e. The van der Waals surface area contributed by atoms with Crippen molar-refractivity contribution in [3.8, 4) is 0 Å². The lowest BCUT2D eigenvalue weighted by atomic mass is 10.1. The predicted octanol–water partition coefficient (Wildman–Crippen LogP) is 2.02. The molecule has 1 aromatic heterocycles. The van der Waals surface area contributed by atoms with Crippen molar-refractivity contribution in [2.75, 3.05) is 11.1 Å². The number of rotatable bonds is 2. The average Bonchev–Trinajstić information content (AvgIpc) is 2.72. The smallest absolute Gasteiger partial charge is 0.293 e. The lowest BCUT2D eigenvalue weighted by molar-refractivity contribution is 0.101. The normalized spacial score (nSPS) is 10.4. The number of nitrogens with one attached hydrogen (secondary N) is 2. The molecule has 6 nitrogen and oxygen atoms in total. The van der Waals surface area contributed by atoms with Crippen LogP contribution in [0.15, 0.2) is 16.6 Å². The summed E-state index contributed by atoms with van der Waals surface area (Å²) < 4.78 is 1.03. The zero-order chi connectivity index (χ0) is 13.3. The van der Waals surface area contributed by atoms with Gasteiger partial charge in [-0.25, -0.2) is 0 Å². The fourth-order valence-electron chi connectivity index (χ4n) is 1.58. The summed E-state index contributed by atoms with van der Waals surface area (Å²) >= 11 is 3.47. The number of halogens is 1. The van der Waals surface area contributed by atoms with Gasteiger partial charge in [0.25, 0.3) is 5.91 Å². The summed E-state index contributed by atoms with van der Waals surface area (Å²) in [7, 11) is 0. The Morgan fingerprint density at radius 1 is 1.39 bits per heavy atom. The van der Waals surface area contributed by atoms with Gasteiger partial charge in [-0.3, -0.25) is 9.89 Å². The van der Waals surface area contributed by atoms with Crippen LogP contribution in [0.1, 0.15) is 21.7 Å². The van der Waals surface area contributed by atoms with Gasteiger partial charge in [-0.15, -0.1) is 5.10 Å². The van der Waals surface area contributed by atoms with Crippen molar-refractivity contribution in [2.24, 2.45) is 0 Å². The van der Waals surface area contributed by atoms with Crippen LogP contribution in [-0.2, 0) is 0 Å². The van der Waals surface area contributed by atoms with E-state index in [1.165, 1.54) is 0 Å². The van der Waals surface area contributed by atoms with Crippen LogP contribution in [-0.4, -0.2) is 21.1 Å². The maximum atomic E-state index is 11.8. The van der Waals surface area contributed by atoms with E-state index in [4.69, 9.17) is 5.73 Å². The molecule has 0 saturated carbocycles. The monoisotopic (exact) mass is 309 g/mol. The number of anilines is 2. The van der Waals surface area contributed by atoms with Crippen molar-refractivity contribution < 1.29 is 4.79 Å². The molecule has 0 aliphatic carbocycles. The quantitative estimate of drug-likeness (QED) is 0.790. The van der Waals surface area contributed by atoms with Crippen LogP contribution in [0.2, 0.25) is 0 Å². The van der Waals surface area contributed by atoms with Crippen LogP contribution in [0, 0.1) is 13.8 Å². The van der Waals surface area contributed by atoms with E-state index in [0.29, 0.717) is 5.69 Å². The number of benzene rings is 1. The van der Waals surface area contributed by atoms with Crippen molar-refractivity contribution in [1.82, 2.24) is 15.2 Å². The summed E-state index contributed by atoms with van der Waals surface area (Å²) in [5.41, 5.74) is 8.13. The molecule has 1 heterocycles. The Balaban J connectivity index is 2.22. The van der Waals surface area contributed by atoms with Crippen LogP contribution in [0.25, 0.3) is 0 Å². The first-order valence-electron chi connectivity index (χ1n) is 5.23. The topological polar surface area (TPSA) is 96.7 Å². The number of H-pyrrole nitrogens is 1. The number of aryl methyl sites for hydroxylation is 2. The number of carbonyl (C=O) groups is 1. The van der Waals surface area contributed by atoms with Gasteiger partial charge in [0.15, 0.2) is 0 Å². The molecule has 1 aromatic carbocycles. The first-order chi connectivity index (χ1) is 8.47. The van der Waals surface area contributed by atoms with E-state index in [9.17, 15) is 4.79 Å². The molecule has 0 aliphatic rings. The summed E-state index contributed by atoms with van der Waals surface area (Å²) in [5.74, 6) is -0.241. The number of hydrogen-bond donors (Lipinski definition) is 3. The van der Waals surface area contributed by atoms with Gasteiger partial charge in [0.05, 0.1) is 0 Å². The Morgan fingerprint density at radius 2 is 2.00 bits per heavy atom. The largest absolute Gasteiger partial charge is 0.366 e. The fourth-order valence-corrected chi connectivity index (χ4v) is 1.81. The Kier molecular flexibility index (Phi) is 3.33. The zero-order valence-corrected chi connectivity index (χ0v) is 11.5. The molecule has 4 N–H and O–H groups in total. The molecule has 2 rings (SSSR count). The summed E-state index contributed by atoms with van der Waals surface area (Å²) in [6, 6.07) is 3.74. The highest BCUT2D eigenvalue weighted by Gasteiger charge is 2.12. The maximum absolute atomic E-state index is 11.8. The molecule has 0 saturated heterocycles. The van der Waals surface area contributed by atoms with Gasteiger partial charge < -0.3 is 11.1 Å². The molecule has 0 bridgehead atoms. The molecule has 0 spiro atoms. The van der Waals surface area contributed by atoms with E-state index < -0.39 is 0 Å². The van der Waals surface area contributed by atoms with Gasteiger partial charge in [0, 0.05) is 10.2 Å². The van der Waals surface area contributed by atoms with E-state index in [1.54, 1.807) is 0 Å².